The Morgan fingerprint density at radius 3 is 2.37 bits per heavy atom. The van der Waals surface area contributed by atoms with Gasteiger partial charge >= 0.3 is 12.0 Å². The molecule has 0 aromatic rings. The fourth-order valence-corrected chi connectivity index (χ4v) is 3.19. The van der Waals surface area contributed by atoms with Crippen molar-refractivity contribution in [2.75, 3.05) is 0 Å². The van der Waals surface area contributed by atoms with E-state index in [-0.39, 0.29) is 18.1 Å². The molecule has 0 aliphatic heterocycles. The van der Waals surface area contributed by atoms with Crippen molar-refractivity contribution in [2.45, 2.75) is 64.0 Å². The topological polar surface area (TPSA) is 78.4 Å². The minimum Gasteiger partial charge on any atom is -0.481 e. The highest BCUT2D eigenvalue weighted by Gasteiger charge is 2.32. The van der Waals surface area contributed by atoms with Crippen molar-refractivity contribution in [3.63, 3.8) is 0 Å². The molecule has 2 rings (SSSR count). The van der Waals surface area contributed by atoms with Gasteiger partial charge in [0, 0.05) is 12.1 Å². The maximum Gasteiger partial charge on any atom is 0.315 e. The molecule has 5 heteroatoms. The van der Waals surface area contributed by atoms with E-state index in [4.69, 9.17) is 0 Å². The van der Waals surface area contributed by atoms with Crippen molar-refractivity contribution in [1.29, 1.82) is 0 Å². The first-order chi connectivity index (χ1) is 9.06. The summed E-state index contributed by atoms with van der Waals surface area (Å²) in [5, 5.41) is 15.1. The second kappa shape index (κ2) is 6.26. The summed E-state index contributed by atoms with van der Waals surface area (Å²) in [5.74, 6) is -0.534. The maximum atomic E-state index is 11.9. The number of hydrogen-bond acceptors (Lipinski definition) is 2. The van der Waals surface area contributed by atoms with Crippen molar-refractivity contribution < 1.29 is 14.7 Å². The molecule has 19 heavy (non-hydrogen) atoms. The average molecular weight is 268 g/mol. The highest BCUT2D eigenvalue weighted by atomic mass is 16.4. The highest BCUT2D eigenvalue weighted by molar-refractivity contribution is 5.77. The molecule has 2 aliphatic rings. The van der Waals surface area contributed by atoms with Crippen LogP contribution in [-0.4, -0.2) is 29.2 Å². The van der Waals surface area contributed by atoms with Crippen LogP contribution in [0.2, 0.25) is 0 Å². The van der Waals surface area contributed by atoms with Gasteiger partial charge < -0.3 is 15.7 Å². The number of hydrogen-bond donors (Lipinski definition) is 3. The Kier molecular flexibility index (Phi) is 4.66. The second-order valence-electron chi connectivity index (χ2n) is 6.08. The molecule has 0 radical (unpaired) electrons. The summed E-state index contributed by atoms with van der Waals surface area (Å²) in [6, 6.07) is -0.156. The molecule has 0 bridgehead atoms. The van der Waals surface area contributed by atoms with Crippen LogP contribution in [0.5, 0.6) is 0 Å². The summed E-state index contributed by atoms with van der Waals surface area (Å²) in [6.45, 7) is 2.17. The van der Waals surface area contributed by atoms with Crippen LogP contribution in [0.3, 0.4) is 0 Å². The third-order valence-electron chi connectivity index (χ3n) is 4.36. The van der Waals surface area contributed by atoms with Crippen LogP contribution in [0.4, 0.5) is 4.79 Å². The van der Waals surface area contributed by atoms with Gasteiger partial charge in [-0.05, 0) is 31.6 Å². The number of aliphatic carboxylic acids is 1. The van der Waals surface area contributed by atoms with E-state index in [1.54, 1.807) is 0 Å². The van der Waals surface area contributed by atoms with Crippen molar-refractivity contribution in [2.24, 2.45) is 11.8 Å². The summed E-state index contributed by atoms with van der Waals surface area (Å²) in [6.07, 6.45) is 6.49. The molecule has 2 fully saturated rings. The van der Waals surface area contributed by atoms with Gasteiger partial charge in [0.1, 0.15) is 0 Å². The third kappa shape index (κ3) is 3.85. The molecule has 2 unspecified atom stereocenters. The number of carbonyl (C=O) groups is 2. The number of nitrogens with one attached hydrogen (secondary N) is 2. The van der Waals surface area contributed by atoms with E-state index in [1.165, 1.54) is 0 Å². The minimum atomic E-state index is -0.788. The molecule has 2 aliphatic carbocycles. The van der Waals surface area contributed by atoms with Gasteiger partial charge in [0.15, 0.2) is 0 Å². The van der Waals surface area contributed by atoms with E-state index in [0.29, 0.717) is 12.3 Å². The van der Waals surface area contributed by atoms with Gasteiger partial charge in [0.25, 0.3) is 0 Å². The van der Waals surface area contributed by atoms with Gasteiger partial charge in [-0.1, -0.05) is 26.2 Å². The number of carboxylic acids is 1. The predicted octanol–water partition coefficient (Wildman–Crippen LogP) is 2.12. The summed E-state index contributed by atoms with van der Waals surface area (Å²) < 4.78 is 0. The van der Waals surface area contributed by atoms with Crippen molar-refractivity contribution in [3.8, 4) is 0 Å². The third-order valence-corrected chi connectivity index (χ3v) is 4.36. The van der Waals surface area contributed by atoms with E-state index in [1.807, 2.05) is 0 Å². The summed E-state index contributed by atoms with van der Waals surface area (Å²) >= 11 is 0. The molecule has 3 N–H and O–H groups in total. The van der Waals surface area contributed by atoms with Crippen LogP contribution in [0.1, 0.15) is 51.9 Å². The lowest BCUT2D eigenvalue weighted by molar-refractivity contribution is -0.142. The first-order valence-corrected chi connectivity index (χ1v) is 7.36. The molecule has 0 aromatic carbocycles. The molecule has 0 aromatic heterocycles. The van der Waals surface area contributed by atoms with E-state index in [9.17, 15) is 14.7 Å². The molecule has 2 amide bonds. The molecular weight excluding hydrogens is 244 g/mol. The molecular formula is C14H24N2O3. The van der Waals surface area contributed by atoms with Crippen LogP contribution in [0.25, 0.3) is 0 Å². The van der Waals surface area contributed by atoms with Gasteiger partial charge in [0.05, 0.1) is 5.92 Å². The molecule has 0 saturated heterocycles. The van der Waals surface area contributed by atoms with E-state index < -0.39 is 11.9 Å². The maximum absolute atomic E-state index is 11.9. The number of urea groups is 1. The summed E-state index contributed by atoms with van der Waals surface area (Å²) in [4.78, 5) is 23.1. The second-order valence-corrected chi connectivity index (χ2v) is 6.08. The first-order valence-electron chi connectivity index (χ1n) is 7.36. The van der Waals surface area contributed by atoms with Crippen LogP contribution in [0, 0.1) is 11.8 Å². The fourth-order valence-electron chi connectivity index (χ4n) is 3.19. The Morgan fingerprint density at radius 2 is 1.74 bits per heavy atom. The van der Waals surface area contributed by atoms with Crippen molar-refractivity contribution in [3.05, 3.63) is 0 Å². The SMILES string of the molecule is CC1CC(NC(=O)NC2CCCCCC2C(=O)O)C1. The predicted molar refractivity (Wildman–Crippen MR) is 71.9 cm³/mol. The molecule has 2 saturated carbocycles. The fraction of sp³-hybridized carbons (Fsp3) is 0.857. The van der Waals surface area contributed by atoms with Gasteiger partial charge in [-0.25, -0.2) is 4.79 Å². The van der Waals surface area contributed by atoms with Crippen LogP contribution in [0.15, 0.2) is 0 Å². The molecule has 0 spiro atoms. The Morgan fingerprint density at radius 1 is 1.05 bits per heavy atom. The zero-order valence-corrected chi connectivity index (χ0v) is 11.5. The summed E-state index contributed by atoms with van der Waals surface area (Å²) in [5.41, 5.74) is 0. The van der Waals surface area contributed by atoms with Gasteiger partial charge in [0.2, 0.25) is 0 Å². The average Bonchev–Trinajstić information content (AvgIpc) is 2.52. The summed E-state index contributed by atoms with van der Waals surface area (Å²) in [7, 11) is 0. The van der Waals surface area contributed by atoms with Crippen molar-refractivity contribution >= 4 is 12.0 Å². The standard InChI is InChI=1S/C14H24N2O3/c1-9-7-10(8-9)15-14(19)16-12-6-4-2-3-5-11(12)13(17)18/h9-12H,2-8H2,1H3,(H,17,18)(H2,15,16,19). The normalized spacial score (nSPS) is 34.8. The van der Waals surface area contributed by atoms with Crippen LogP contribution < -0.4 is 10.6 Å². The Hall–Kier alpha value is -1.26. The van der Waals surface area contributed by atoms with E-state index in [0.717, 1.165) is 38.5 Å². The van der Waals surface area contributed by atoms with Crippen LogP contribution >= 0.6 is 0 Å². The van der Waals surface area contributed by atoms with E-state index in [2.05, 4.69) is 17.6 Å². The monoisotopic (exact) mass is 268 g/mol. The number of carboxylic acid groups (broad SMARTS) is 1. The number of carbonyl (C=O) groups excluding carboxylic acids is 1. The lowest BCUT2D eigenvalue weighted by Gasteiger charge is -2.34. The highest BCUT2D eigenvalue weighted by Crippen LogP contribution is 2.27. The lowest BCUT2D eigenvalue weighted by Crippen LogP contribution is -2.52. The lowest BCUT2D eigenvalue weighted by atomic mass is 9.82. The van der Waals surface area contributed by atoms with Gasteiger partial charge in [-0.15, -0.1) is 0 Å². The zero-order chi connectivity index (χ0) is 13.8. The number of rotatable bonds is 3. The molecule has 2 atom stereocenters. The van der Waals surface area contributed by atoms with Gasteiger partial charge in [-0.2, -0.15) is 0 Å². The quantitative estimate of drug-likeness (QED) is 0.686. The Labute approximate surface area is 114 Å². The Balaban J connectivity index is 1.83. The molecule has 108 valence electrons. The van der Waals surface area contributed by atoms with E-state index >= 15 is 0 Å². The molecule has 5 nitrogen and oxygen atoms in total. The largest absolute Gasteiger partial charge is 0.481 e. The smallest absolute Gasteiger partial charge is 0.315 e. The number of amides is 2. The first kappa shape index (κ1) is 14.2. The van der Waals surface area contributed by atoms with Gasteiger partial charge in [-0.3, -0.25) is 4.79 Å². The zero-order valence-electron chi connectivity index (χ0n) is 11.5. The molecule has 0 heterocycles. The van der Waals surface area contributed by atoms with Crippen LogP contribution in [-0.2, 0) is 4.79 Å². The minimum absolute atomic E-state index is 0.199. The van der Waals surface area contributed by atoms with Crippen molar-refractivity contribution in [1.82, 2.24) is 10.6 Å². The Bertz CT molecular complexity index is 340.